The monoisotopic (exact) mass is 244 g/mol. The predicted octanol–water partition coefficient (Wildman–Crippen LogP) is 2.07. The summed E-state index contributed by atoms with van der Waals surface area (Å²) in [6.45, 7) is 6.91. The molecule has 1 N–H and O–H groups in total. The van der Waals surface area contributed by atoms with Crippen molar-refractivity contribution in [3.05, 3.63) is 47.5 Å². The molecule has 0 radical (unpaired) electrons. The Bertz CT molecular complexity index is 476. The van der Waals surface area contributed by atoms with Crippen LogP contribution in [0.3, 0.4) is 0 Å². The Morgan fingerprint density at radius 3 is 2.83 bits per heavy atom. The molecule has 0 saturated heterocycles. The lowest BCUT2D eigenvalue weighted by molar-refractivity contribution is 0.530. The van der Waals surface area contributed by atoms with Crippen LogP contribution < -0.4 is 5.32 Å². The Labute approximate surface area is 108 Å². The van der Waals surface area contributed by atoms with Crippen LogP contribution in [0.4, 0.5) is 0 Å². The molecule has 0 fully saturated rings. The number of aromatic nitrogens is 3. The fraction of sp³-hybridized carbons (Fsp3) is 0.429. The lowest BCUT2D eigenvalue weighted by Crippen LogP contribution is -2.17. The molecule has 0 aliphatic rings. The Kier molecular flexibility index (Phi) is 4.47. The Morgan fingerprint density at radius 1 is 1.28 bits per heavy atom. The average molecular weight is 244 g/mol. The number of hydrogen-bond acceptors (Lipinski definition) is 3. The van der Waals surface area contributed by atoms with Crippen molar-refractivity contribution in [1.29, 1.82) is 0 Å². The van der Waals surface area contributed by atoms with Crippen molar-refractivity contribution < 1.29 is 0 Å². The van der Waals surface area contributed by atoms with Gasteiger partial charge in [-0.3, -0.25) is 9.67 Å². The second kappa shape index (κ2) is 6.31. The van der Waals surface area contributed by atoms with Crippen LogP contribution in [-0.4, -0.2) is 21.3 Å². The molecule has 4 nitrogen and oxygen atoms in total. The molecule has 2 aromatic rings. The minimum absolute atomic E-state index is 0.831. The molecule has 4 heteroatoms. The van der Waals surface area contributed by atoms with E-state index in [0.717, 1.165) is 37.4 Å². The standard InChI is InChI=1S/C14H20N4/c1-12-10-13(2)18(17-12)9-5-7-15-11-14-6-3-4-8-16-14/h3-4,6,8,10,15H,5,7,9,11H2,1-2H3. The summed E-state index contributed by atoms with van der Waals surface area (Å²) < 4.78 is 2.07. The number of nitrogens with zero attached hydrogens (tertiary/aromatic N) is 3. The van der Waals surface area contributed by atoms with E-state index < -0.39 is 0 Å². The third-order valence-corrected chi connectivity index (χ3v) is 2.86. The average Bonchev–Trinajstić information content (AvgIpc) is 2.69. The van der Waals surface area contributed by atoms with Crippen LogP contribution in [0.2, 0.25) is 0 Å². The van der Waals surface area contributed by atoms with Crippen LogP contribution in [0, 0.1) is 13.8 Å². The van der Waals surface area contributed by atoms with Gasteiger partial charge >= 0.3 is 0 Å². The number of rotatable bonds is 6. The van der Waals surface area contributed by atoms with Crippen LogP contribution in [-0.2, 0) is 13.1 Å². The molecule has 18 heavy (non-hydrogen) atoms. The number of hydrogen-bond donors (Lipinski definition) is 1. The molecule has 0 aromatic carbocycles. The van der Waals surface area contributed by atoms with Crippen LogP contribution in [0.1, 0.15) is 23.5 Å². The second-order valence-corrected chi connectivity index (χ2v) is 4.50. The van der Waals surface area contributed by atoms with E-state index in [1.54, 1.807) is 0 Å². The van der Waals surface area contributed by atoms with Crippen molar-refractivity contribution >= 4 is 0 Å². The molecule has 0 unspecified atom stereocenters. The van der Waals surface area contributed by atoms with Crippen LogP contribution in [0.5, 0.6) is 0 Å². The fourth-order valence-corrected chi connectivity index (χ4v) is 1.97. The van der Waals surface area contributed by atoms with Crippen molar-refractivity contribution in [2.45, 2.75) is 33.4 Å². The van der Waals surface area contributed by atoms with Gasteiger partial charge in [-0.1, -0.05) is 6.07 Å². The molecule has 0 spiro atoms. The normalized spacial score (nSPS) is 10.8. The smallest absolute Gasteiger partial charge is 0.0596 e. The lowest BCUT2D eigenvalue weighted by Gasteiger charge is -2.06. The van der Waals surface area contributed by atoms with Gasteiger partial charge in [0.25, 0.3) is 0 Å². The molecule has 0 amide bonds. The van der Waals surface area contributed by atoms with Gasteiger partial charge in [-0.05, 0) is 45.0 Å². The highest BCUT2D eigenvalue weighted by molar-refractivity contribution is 5.06. The van der Waals surface area contributed by atoms with Gasteiger partial charge in [0.2, 0.25) is 0 Å². The fourth-order valence-electron chi connectivity index (χ4n) is 1.97. The van der Waals surface area contributed by atoms with Gasteiger partial charge in [-0.2, -0.15) is 5.10 Å². The Morgan fingerprint density at radius 2 is 2.17 bits per heavy atom. The second-order valence-electron chi connectivity index (χ2n) is 4.50. The van der Waals surface area contributed by atoms with Gasteiger partial charge in [0, 0.05) is 25.0 Å². The minimum atomic E-state index is 0.831. The zero-order chi connectivity index (χ0) is 12.8. The first-order chi connectivity index (χ1) is 8.75. The molecule has 0 aliphatic carbocycles. The van der Waals surface area contributed by atoms with E-state index in [9.17, 15) is 0 Å². The summed E-state index contributed by atoms with van der Waals surface area (Å²) in [5, 5.41) is 7.84. The van der Waals surface area contributed by atoms with Crippen LogP contribution in [0.25, 0.3) is 0 Å². The summed E-state index contributed by atoms with van der Waals surface area (Å²) in [6, 6.07) is 8.10. The SMILES string of the molecule is Cc1cc(C)n(CCCNCc2ccccn2)n1. The van der Waals surface area contributed by atoms with Gasteiger partial charge in [-0.25, -0.2) is 0 Å². The first-order valence-electron chi connectivity index (χ1n) is 6.37. The van der Waals surface area contributed by atoms with Crippen LogP contribution >= 0.6 is 0 Å². The van der Waals surface area contributed by atoms with E-state index in [4.69, 9.17) is 0 Å². The van der Waals surface area contributed by atoms with E-state index in [1.807, 2.05) is 31.3 Å². The maximum absolute atomic E-state index is 4.44. The van der Waals surface area contributed by atoms with Crippen molar-refractivity contribution in [2.75, 3.05) is 6.54 Å². The summed E-state index contributed by atoms with van der Waals surface area (Å²) in [6.07, 6.45) is 2.90. The van der Waals surface area contributed by atoms with E-state index in [-0.39, 0.29) is 0 Å². The maximum Gasteiger partial charge on any atom is 0.0596 e. The van der Waals surface area contributed by atoms with Crippen molar-refractivity contribution in [3.63, 3.8) is 0 Å². The Hall–Kier alpha value is -1.68. The van der Waals surface area contributed by atoms with Gasteiger partial charge in [0.1, 0.15) is 0 Å². The van der Waals surface area contributed by atoms with Gasteiger partial charge in [-0.15, -0.1) is 0 Å². The first kappa shape index (κ1) is 12.8. The molecule has 0 aliphatic heterocycles. The highest BCUT2D eigenvalue weighted by atomic mass is 15.3. The van der Waals surface area contributed by atoms with Crippen molar-refractivity contribution in [3.8, 4) is 0 Å². The van der Waals surface area contributed by atoms with E-state index in [0.29, 0.717) is 0 Å². The molecule has 2 rings (SSSR count). The largest absolute Gasteiger partial charge is 0.311 e. The van der Waals surface area contributed by atoms with Crippen molar-refractivity contribution in [1.82, 2.24) is 20.1 Å². The minimum Gasteiger partial charge on any atom is -0.311 e. The van der Waals surface area contributed by atoms with E-state index in [2.05, 4.69) is 33.1 Å². The number of nitrogens with one attached hydrogen (secondary N) is 1. The molecule has 0 bridgehead atoms. The summed E-state index contributed by atoms with van der Waals surface area (Å²) >= 11 is 0. The zero-order valence-electron chi connectivity index (χ0n) is 11.1. The number of pyridine rings is 1. The summed E-state index contributed by atoms with van der Waals surface area (Å²) in [7, 11) is 0. The maximum atomic E-state index is 4.44. The molecule has 2 heterocycles. The third-order valence-electron chi connectivity index (χ3n) is 2.86. The van der Waals surface area contributed by atoms with E-state index >= 15 is 0 Å². The molecule has 0 atom stereocenters. The molecule has 96 valence electrons. The lowest BCUT2D eigenvalue weighted by atomic mass is 10.3. The van der Waals surface area contributed by atoms with E-state index in [1.165, 1.54) is 5.69 Å². The molecular formula is C14H20N4. The van der Waals surface area contributed by atoms with Crippen molar-refractivity contribution in [2.24, 2.45) is 0 Å². The highest BCUT2D eigenvalue weighted by Gasteiger charge is 1.99. The summed E-state index contributed by atoms with van der Waals surface area (Å²) in [4.78, 5) is 4.27. The third kappa shape index (κ3) is 3.67. The Balaban J connectivity index is 1.66. The van der Waals surface area contributed by atoms with Gasteiger partial charge in [0.15, 0.2) is 0 Å². The summed E-state index contributed by atoms with van der Waals surface area (Å²) in [5.41, 5.74) is 3.41. The molecule has 0 saturated carbocycles. The van der Waals surface area contributed by atoms with Gasteiger partial charge < -0.3 is 5.32 Å². The van der Waals surface area contributed by atoms with Crippen LogP contribution in [0.15, 0.2) is 30.5 Å². The number of aryl methyl sites for hydroxylation is 3. The van der Waals surface area contributed by atoms with Gasteiger partial charge in [0.05, 0.1) is 11.4 Å². The highest BCUT2D eigenvalue weighted by Crippen LogP contribution is 2.02. The molecule has 2 aromatic heterocycles. The quantitative estimate of drug-likeness (QED) is 0.791. The first-order valence-corrected chi connectivity index (χ1v) is 6.37. The summed E-state index contributed by atoms with van der Waals surface area (Å²) in [5.74, 6) is 0. The zero-order valence-corrected chi connectivity index (χ0v) is 11.1. The topological polar surface area (TPSA) is 42.7 Å². The predicted molar refractivity (Wildman–Crippen MR) is 72.3 cm³/mol. The molecular weight excluding hydrogens is 224 g/mol.